The van der Waals surface area contributed by atoms with Gasteiger partial charge in [-0.1, -0.05) is 6.07 Å². The number of hydrogen-bond donors (Lipinski definition) is 2. The standard InChI is InChI=1S/C13H18F2N2O/c1-4-16-13(18)10-6-5-8(2)11(7-10)17-9(3)12(14)15/h5-7,9,12,17H,4H2,1-3H3,(H,16,18). The summed E-state index contributed by atoms with van der Waals surface area (Å²) in [5, 5.41) is 5.39. The van der Waals surface area contributed by atoms with Crippen LogP contribution in [0.2, 0.25) is 0 Å². The van der Waals surface area contributed by atoms with Crippen molar-refractivity contribution in [2.24, 2.45) is 0 Å². The number of nitrogens with one attached hydrogen (secondary N) is 2. The van der Waals surface area contributed by atoms with Crippen molar-refractivity contribution in [1.29, 1.82) is 0 Å². The zero-order chi connectivity index (χ0) is 13.7. The van der Waals surface area contributed by atoms with E-state index in [2.05, 4.69) is 10.6 Å². The Morgan fingerprint density at radius 2 is 2.06 bits per heavy atom. The Morgan fingerprint density at radius 1 is 1.39 bits per heavy atom. The van der Waals surface area contributed by atoms with Crippen molar-refractivity contribution in [3.05, 3.63) is 29.3 Å². The number of carbonyl (C=O) groups is 1. The Balaban J connectivity index is 2.91. The highest BCUT2D eigenvalue weighted by molar-refractivity contribution is 5.95. The summed E-state index contributed by atoms with van der Waals surface area (Å²) in [6, 6.07) is 4.07. The summed E-state index contributed by atoms with van der Waals surface area (Å²) in [7, 11) is 0. The molecule has 1 rings (SSSR count). The van der Waals surface area contributed by atoms with Crippen LogP contribution < -0.4 is 10.6 Å². The molecule has 5 heteroatoms. The van der Waals surface area contributed by atoms with Crippen molar-refractivity contribution in [3.8, 4) is 0 Å². The minimum absolute atomic E-state index is 0.203. The second kappa shape index (κ2) is 6.33. The van der Waals surface area contributed by atoms with Gasteiger partial charge in [-0.3, -0.25) is 4.79 Å². The summed E-state index contributed by atoms with van der Waals surface area (Å²) in [5.74, 6) is -0.203. The molecule has 1 aromatic rings. The van der Waals surface area contributed by atoms with Gasteiger partial charge < -0.3 is 10.6 Å². The third kappa shape index (κ3) is 3.68. The van der Waals surface area contributed by atoms with Crippen molar-refractivity contribution < 1.29 is 13.6 Å². The molecule has 100 valence electrons. The summed E-state index contributed by atoms with van der Waals surface area (Å²) in [6.45, 7) is 5.57. The monoisotopic (exact) mass is 256 g/mol. The third-order valence-electron chi connectivity index (χ3n) is 2.60. The highest BCUT2D eigenvalue weighted by atomic mass is 19.3. The topological polar surface area (TPSA) is 41.1 Å². The summed E-state index contributed by atoms with van der Waals surface area (Å²) in [5.41, 5.74) is 1.86. The van der Waals surface area contributed by atoms with Gasteiger partial charge in [-0.2, -0.15) is 0 Å². The number of amides is 1. The van der Waals surface area contributed by atoms with Crippen LogP contribution >= 0.6 is 0 Å². The maximum atomic E-state index is 12.5. The van der Waals surface area contributed by atoms with Gasteiger partial charge in [0, 0.05) is 17.8 Å². The van der Waals surface area contributed by atoms with E-state index in [1.54, 1.807) is 18.2 Å². The molecule has 1 amide bonds. The lowest BCUT2D eigenvalue weighted by molar-refractivity contribution is 0.0956. The van der Waals surface area contributed by atoms with Crippen molar-refractivity contribution in [2.45, 2.75) is 33.2 Å². The van der Waals surface area contributed by atoms with E-state index >= 15 is 0 Å². The Kier molecular flexibility index (Phi) is 5.07. The van der Waals surface area contributed by atoms with Gasteiger partial charge in [-0.15, -0.1) is 0 Å². The number of benzene rings is 1. The average Bonchev–Trinajstić information content (AvgIpc) is 2.31. The molecule has 3 nitrogen and oxygen atoms in total. The first-order valence-electron chi connectivity index (χ1n) is 5.89. The predicted octanol–water partition coefficient (Wildman–Crippen LogP) is 2.81. The van der Waals surface area contributed by atoms with E-state index in [9.17, 15) is 13.6 Å². The molecule has 0 fully saturated rings. The molecule has 0 spiro atoms. The molecule has 1 aromatic carbocycles. The van der Waals surface area contributed by atoms with Crippen molar-refractivity contribution in [2.75, 3.05) is 11.9 Å². The highest BCUT2D eigenvalue weighted by Gasteiger charge is 2.15. The SMILES string of the molecule is CCNC(=O)c1ccc(C)c(NC(C)C(F)F)c1. The van der Waals surface area contributed by atoms with E-state index in [-0.39, 0.29) is 5.91 Å². The van der Waals surface area contributed by atoms with Crippen LogP contribution in [-0.4, -0.2) is 24.9 Å². The van der Waals surface area contributed by atoms with E-state index in [0.717, 1.165) is 5.56 Å². The van der Waals surface area contributed by atoms with Crippen molar-refractivity contribution in [3.63, 3.8) is 0 Å². The molecule has 0 heterocycles. The number of alkyl halides is 2. The zero-order valence-electron chi connectivity index (χ0n) is 10.8. The second-order valence-corrected chi connectivity index (χ2v) is 4.16. The Bertz CT molecular complexity index is 421. The number of halogens is 2. The van der Waals surface area contributed by atoms with Crippen molar-refractivity contribution in [1.82, 2.24) is 5.32 Å². The fraction of sp³-hybridized carbons (Fsp3) is 0.462. The highest BCUT2D eigenvalue weighted by Crippen LogP contribution is 2.19. The van der Waals surface area contributed by atoms with E-state index in [4.69, 9.17) is 0 Å². The second-order valence-electron chi connectivity index (χ2n) is 4.16. The Hall–Kier alpha value is -1.65. The van der Waals surface area contributed by atoms with Gasteiger partial charge in [0.05, 0.1) is 6.04 Å². The van der Waals surface area contributed by atoms with Gasteiger partial charge in [0.25, 0.3) is 12.3 Å². The first-order valence-corrected chi connectivity index (χ1v) is 5.89. The van der Waals surface area contributed by atoms with Crippen LogP contribution in [0, 0.1) is 6.92 Å². The molecule has 1 unspecified atom stereocenters. The van der Waals surface area contributed by atoms with Crippen LogP contribution in [-0.2, 0) is 0 Å². The van der Waals surface area contributed by atoms with Crippen LogP contribution in [0.3, 0.4) is 0 Å². The number of aryl methyl sites for hydroxylation is 1. The first-order chi connectivity index (χ1) is 8.45. The maximum absolute atomic E-state index is 12.5. The molecular weight excluding hydrogens is 238 g/mol. The maximum Gasteiger partial charge on any atom is 0.258 e. The van der Waals surface area contributed by atoms with E-state index < -0.39 is 12.5 Å². The lowest BCUT2D eigenvalue weighted by Gasteiger charge is -2.17. The fourth-order valence-electron chi connectivity index (χ4n) is 1.49. The minimum Gasteiger partial charge on any atom is -0.377 e. The first kappa shape index (κ1) is 14.4. The molecule has 0 radical (unpaired) electrons. The third-order valence-corrected chi connectivity index (χ3v) is 2.60. The molecule has 18 heavy (non-hydrogen) atoms. The molecule has 0 aliphatic heterocycles. The van der Waals surface area contributed by atoms with Crippen LogP contribution in [0.5, 0.6) is 0 Å². The normalized spacial score (nSPS) is 12.3. The molecular formula is C13H18F2N2O. The van der Waals surface area contributed by atoms with E-state index in [1.165, 1.54) is 6.92 Å². The molecule has 0 aromatic heterocycles. The van der Waals surface area contributed by atoms with Gasteiger partial charge in [-0.05, 0) is 38.5 Å². The van der Waals surface area contributed by atoms with E-state index in [1.807, 2.05) is 13.8 Å². The zero-order valence-corrected chi connectivity index (χ0v) is 10.8. The largest absolute Gasteiger partial charge is 0.377 e. The number of anilines is 1. The Morgan fingerprint density at radius 3 is 2.61 bits per heavy atom. The summed E-state index contributed by atoms with van der Waals surface area (Å²) >= 11 is 0. The van der Waals surface area contributed by atoms with E-state index in [0.29, 0.717) is 17.8 Å². The molecule has 0 saturated carbocycles. The molecule has 2 N–H and O–H groups in total. The smallest absolute Gasteiger partial charge is 0.258 e. The molecule has 1 atom stereocenters. The van der Waals surface area contributed by atoms with Crippen molar-refractivity contribution >= 4 is 11.6 Å². The van der Waals surface area contributed by atoms with Gasteiger partial charge in [0.15, 0.2) is 0 Å². The van der Waals surface area contributed by atoms with Crippen LogP contribution in [0.25, 0.3) is 0 Å². The quantitative estimate of drug-likeness (QED) is 0.850. The predicted molar refractivity (Wildman–Crippen MR) is 68.3 cm³/mol. The molecule has 0 bridgehead atoms. The van der Waals surface area contributed by atoms with Crippen LogP contribution in [0.15, 0.2) is 18.2 Å². The number of hydrogen-bond acceptors (Lipinski definition) is 2. The lowest BCUT2D eigenvalue weighted by atomic mass is 10.1. The molecule has 0 aliphatic rings. The van der Waals surface area contributed by atoms with Gasteiger partial charge in [0.2, 0.25) is 0 Å². The number of carbonyl (C=O) groups excluding carboxylic acids is 1. The van der Waals surface area contributed by atoms with Gasteiger partial charge in [-0.25, -0.2) is 8.78 Å². The summed E-state index contributed by atoms with van der Waals surface area (Å²) in [4.78, 5) is 11.6. The molecule has 0 aliphatic carbocycles. The number of rotatable bonds is 5. The molecule has 0 saturated heterocycles. The Labute approximate surface area is 106 Å². The summed E-state index contributed by atoms with van der Waals surface area (Å²) in [6.07, 6.45) is -2.45. The van der Waals surface area contributed by atoms with Gasteiger partial charge in [0.1, 0.15) is 0 Å². The minimum atomic E-state index is -2.45. The van der Waals surface area contributed by atoms with Gasteiger partial charge >= 0.3 is 0 Å². The van der Waals surface area contributed by atoms with Crippen LogP contribution in [0.4, 0.5) is 14.5 Å². The lowest BCUT2D eigenvalue weighted by Crippen LogP contribution is -2.25. The van der Waals surface area contributed by atoms with Crippen LogP contribution in [0.1, 0.15) is 29.8 Å². The average molecular weight is 256 g/mol. The summed E-state index contributed by atoms with van der Waals surface area (Å²) < 4.78 is 25.0. The fourth-order valence-corrected chi connectivity index (χ4v) is 1.49.